The van der Waals surface area contributed by atoms with Gasteiger partial charge in [-0.05, 0) is 44.2 Å². The van der Waals surface area contributed by atoms with E-state index >= 15 is 0 Å². The van der Waals surface area contributed by atoms with Gasteiger partial charge in [0.05, 0.1) is 18.6 Å². The molecule has 1 saturated heterocycles. The third kappa shape index (κ3) is 4.72. The van der Waals surface area contributed by atoms with Crippen LogP contribution in [0.15, 0.2) is 30.3 Å². The van der Waals surface area contributed by atoms with Crippen LogP contribution in [0.25, 0.3) is 0 Å². The summed E-state index contributed by atoms with van der Waals surface area (Å²) in [6.07, 6.45) is 2.31. The van der Waals surface area contributed by atoms with Crippen molar-refractivity contribution in [2.45, 2.75) is 33.1 Å². The highest BCUT2D eigenvalue weighted by molar-refractivity contribution is 6.00. The molecule has 0 spiro atoms. The van der Waals surface area contributed by atoms with Gasteiger partial charge in [-0.25, -0.2) is 4.79 Å². The number of piperidine rings is 1. The minimum Gasteiger partial charge on any atom is -0.465 e. The summed E-state index contributed by atoms with van der Waals surface area (Å²) in [6, 6.07) is 10.0. The minimum atomic E-state index is -0.463. The second-order valence-corrected chi connectivity index (χ2v) is 7.73. The summed E-state index contributed by atoms with van der Waals surface area (Å²) in [5.74, 6) is -0.893. The average molecular weight is 412 g/mol. The van der Waals surface area contributed by atoms with Crippen LogP contribution >= 0.6 is 0 Å². The Morgan fingerprint density at radius 3 is 2.63 bits per heavy atom. The first-order chi connectivity index (χ1) is 14.4. The van der Waals surface area contributed by atoms with Crippen LogP contribution in [0.4, 0.5) is 0 Å². The third-order valence-electron chi connectivity index (χ3n) is 5.68. The van der Waals surface area contributed by atoms with Crippen LogP contribution in [-0.4, -0.2) is 54.4 Å². The van der Waals surface area contributed by atoms with Crippen molar-refractivity contribution in [3.63, 3.8) is 0 Å². The first kappa shape index (κ1) is 21.6. The molecule has 160 valence electrons. The van der Waals surface area contributed by atoms with E-state index in [1.54, 1.807) is 18.7 Å². The van der Waals surface area contributed by atoms with Gasteiger partial charge in [-0.1, -0.05) is 30.3 Å². The maximum absolute atomic E-state index is 13.1. The fourth-order valence-corrected chi connectivity index (χ4v) is 4.02. The number of rotatable bonds is 6. The maximum Gasteiger partial charge on any atom is 0.339 e. The van der Waals surface area contributed by atoms with Crippen molar-refractivity contribution in [2.24, 2.45) is 5.92 Å². The molecule has 0 aliphatic carbocycles. The number of hydrogen-bond acceptors (Lipinski definition) is 4. The number of methoxy groups -OCH3 is 1. The summed E-state index contributed by atoms with van der Waals surface area (Å²) in [5, 5.41) is 3.00. The lowest BCUT2D eigenvalue weighted by Gasteiger charge is -2.32. The van der Waals surface area contributed by atoms with Crippen LogP contribution in [0.3, 0.4) is 0 Å². The summed E-state index contributed by atoms with van der Waals surface area (Å²) in [6.45, 7) is 5.03. The number of nitrogens with one attached hydrogen (secondary N) is 2. The van der Waals surface area contributed by atoms with Crippen LogP contribution in [0, 0.1) is 19.8 Å². The van der Waals surface area contributed by atoms with Crippen molar-refractivity contribution in [1.29, 1.82) is 0 Å². The Bertz CT molecular complexity index is 920. The number of aromatic nitrogens is 1. The van der Waals surface area contributed by atoms with Gasteiger partial charge in [0.2, 0.25) is 5.91 Å². The normalized spacial score (nSPS) is 16.2. The number of ether oxygens (including phenoxy) is 1. The SMILES string of the molecule is COC(=O)c1c(C)[nH]c(C(=O)N2CCC[C@@H](C(=O)NCCc3ccccc3)C2)c1C. The topological polar surface area (TPSA) is 91.5 Å². The minimum absolute atomic E-state index is 0.0157. The van der Waals surface area contributed by atoms with Gasteiger partial charge in [-0.3, -0.25) is 9.59 Å². The van der Waals surface area contributed by atoms with Gasteiger partial charge in [0.25, 0.3) is 5.91 Å². The summed E-state index contributed by atoms with van der Waals surface area (Å²) in [4.78, 5) is 42.4. The monoisotopic (exact) mass is 411 g/mol. The van der Waals surface area contributed by atoms with E-state index in [-0.39, 0.29) is 17.7 Å². The largest absolute Gasteiger partial charge is 0.465 e. The quantitative estimate of drug-likeness (QED) is 0.715. The standard InChI is InChI=1S/C23H29N3O4/c1-15-19(23(29)30-3)16(2)25-20(15)22(28)26-13-7-10-18(14-26)21(27)24-12-11-17-8-5-4-6-9-17/h4-6,8-9,18,25H,7,10-14H2,1-3H3,(H,24,27)/t18-/m1/s1. The van der Waals surface area contributed by atoms with E-state index in [2.05, 4.69) is 10.3 Å². The molecule has 1 aromatic heterocycles. The number of hydrogen-bond donors (Lipinski definition) is 2. The molecule has 30 heavy (non-hydrogen) atoms. The molecule has 1 atom stereocenters. The zero-order valence-electron chi connectivity index (χ0n) is 17.8. The van der Waals surface area contributed by atoms with Gasteiger partial charge in [-0.2, -0.15) is 0 Å². The van der Waals surface area contributed by atoms with Gasteiger partial charge >= 0.3 is 5.97 Å². The Labute approximate surface area is 176 Å². The molecule has 1 fully saturated rings. The zero-order valence-corrected chi connectivity index (χ0v) is 17.8. The number of benzene rings is 1. The van der Waals surface area contributed by atoms with Crippen molar-refractivity contribution in [3.05, 3.63) is 58.4 Å². The Morgan fingerprint density at radius 1 is 1.20 bits per heavy atom. The van der Waals surface area contributed by atoms with E-state index in [1.807, 2.05) is 30.3 Å². The van der Waals surface area contributed by atoms with Crippen molar-refractivity contribution >= 4 is 17.8 Å². The number of esters is 1. The van der Waals surface area contributed by atoms with Gasteiger partial charge in [0, 0.05) is 25.3 Å². The van der Waals surface area contributed by atoms with Gasteiger partial charge < -0.3 is 19.9 Å². The van der Waals surface area contributed by atoms with Crippen molar-refractivity contribution in [3.8, 4) is 0 Å². The average Bonchev–Trinajstić information content (AvgIpc) is 3.07. The molecular formula is C23H29N3O4. The fourth-order valence-electron chi connectivity index (χ4n) is 4.02. The van der Waals surface area contributed by atoms with Crippen LogP contribution in [0.5, 0.6) is 0 Å². The van der Waals surface area contributed by atoms with E-state index in [0.29, 0.717) is 42.1 Å². The molecular weight excluding hydrogens is 382 g/mol. The lowest BCUT2D eigenvalue weighted by molar-refractivity contribution is -0.126. The molecule has 7 heteroatoms. The van der Waals surface area contributed by atoms with Crippen LogP contribution in [-0.2, 0) is 16.0 Å². The molecule has 2 aromatic rings. The second kappa shape index (κ2) is 9.61. The number of carbonyl (C=O) groups excluding carboxylic acids is 3. The number of carbonyl (C=O) groups is 3. The van der Waals surface area contributed by atoms with Gasteiger partial charge in [0.15, 0.2) is 0 Å². The van der Waals surface area contributed by atoms with Gasteiger partial charge in [-0.15, -0.1) is 0 Å². The first-order valence-corrected chi connectivity index (χ1v) is 10.3. The Balaban J connectivity index is 1.61. The molecule has 2 heterocycles. The maximum atomic E-state index is 13.1. The molecule has 0 saturated carbocycles. The molecule has 7 nitrogen and oxygen atoms in total. The number of aryl methyl sites for hydroxylation is 1. The number of amides is 2. The smallest absolute Gasteiger partial charge is 0.339 e. The number of aromatic amines is 1. The second-order valence-electron chi connectivity index (χ2n) is 7.73. The van der Waals surface area contributed by atoms with E-state index in [1.165, 1.54) is 12.7 Å². The zero-order chi connectivity index (χ0) is 21.7. The van der Waals surface area contributed by atoms with Crippen molar-refractivity contribution < 1.29 is 19.1 Å². The summed E-state index contributed by atoms with van der Waals surface area (Å²) < 4.78 is 4.82. The predicted molar refractivity (Wildman–Crippen MR) is 113 cm³/mol. The highest BCUT2D eigenvalue weighted by atomic mass is 16.5. The molecule has 3 rings (SSSR count). The predicted octanol–water partition coefficient (Wildman–Crippen LogP) is 2.63. The van der Waals surface area contributed by atoms with Crippen LogP contribution in [0.1, 0.15) is 50.5 Å². The van der Waals surface area contributed by atoms with E-state index in [4.69, 9.17) is 4.74 Å². The van der Waals surface area contributed by atoms with E-state index in [9.17, 15) is 14.4 Å². The first-order valence-electron chi connectivity index (χ1n) is 10.3. The van der Waals surface area contributed by atoms with Crippen LogP contribution < -0.4 is 5.32 Å². The summed E-state index contributed by atoms with van der Waals surface area (Å²) >= 11 is 0. The molecule has 2 N–H and O–H groups in total. The van der Waals surface area contributed by atoms with Crippen molar-refractivity contribution in [1.82, 2.24) is 15.2 Å². The third-order valence-corrected chi connectivity index (χ3v) is 5.68. The number of nitrogens with zero attached hydrogens (tertiary/aromatic N) is 1. The summed E-state index contributed by atoms with van der Waals surface area (Å²) in [5.41, 5.74) is 3.15. The molecule has 1 aliphatic heterocycles. The molecule has 0 radical (unpaired) electrons. The highest BCUT2D eigenvalue weighted by Crippen LogP contribution is 2.23. The molecule has 0 unspecified atom stereocenters. The molecule has 1 aromatic carbocycles. The molecule has 1 aliphatic rings. The Hall–Kier alpha value is -3.09. The van der Waals surface area contributed by atoms with Crippen LogP contribution in [0.2, 0.25) is 0 Å². The fraction of sp³-hybridized carbons (Fsp3) is 0.435. The number of H-pyrrole nitrogens is 1. The van der Waals surface area contributed by atoms with E-state index < -0.39 is 5.97 Å². The Morgan fingerprint density at radius 2 is 1.93 bits per heavy atom. The highest BCUT2D eigenvalue weighted by Gasteiger charge is 2.31. The molecule has 0 bridgehead atoms. The molecule has 2 amide bonds. The lowest BCUT2D eigenvalue weighted by atomic mass is 9.96. The van der Waals surface area contributed by atoms with Gasteiger partial charge in [0.1, 0.15) is 5.69 Å². The Kier molecular flexibility index (Phi) is 6.92. The lowest BCUT2D eigenvalue weighted by Crippen LogP contribution is -2.46. The van der Waals surface area contributed by atoms with E-state index in [0.717, 1.165) is 19.3 Å². The van der Waals surface area contributed by atoms with Crippen molar-refractivity contribution in [2.75, 3.05) is 26.7 Å². The summed E-state index contributed by atoms with van der Waals surface area (Å²) in [7, 11) is 1.32. The number of likely N-dealkylation sites (tertiary alicyclic amines) is 1.